The first-order chi connectivity index (χ1) is 17.3. The average molecular weight is 527 g/mol. The van der Waals surface area contributed by atoms with E-state index >= 15 is 0 Å². The molecule has 0 saturated carbocycles. The van der Waals surface area contributed by atoms with Crippen LogP contribution in [-0.2, 0) is 4.79 Å². The molecule has 0 spiro atoms. The molecule has 0 unspecified atom stereocenters. The predicted octanol–water partition coefficient (Wildman–Crippen LogP) is 3.64. The molecule has 2 saturated heterocycles. The van der Waals surface area contributed by atoms with Gasteiger partial charge in [-0.15, -0.1) is 0 Å². The number of carbonyl (C=O) groups excluding carboxylic acids is 1. The Hall–Kier alpha value is -2.93. The molecular weight excluding hydrogens is 499 g/mol. The molecule has 0 radical (unpaired) electrons. The monoisotopic (exact) mass is 526 g/mol. The maximum atomic E-state index is 11.2. The number of likely N-dealkylation sites (tertiary alicyclic amines) is 1. The fourth-order valence-electron chi connectivity index (χ4n) is 5.31. The number of hydrogen-bond acceptors (Lipinski definition) is 7. The van der Waals surface area contributed by atoms with Crippen molar-refractivity contribution < 1.29 is 4.79 Å². The van der Waals surface area contributed by atoms with Crippen LogP contribution < -0.4 is 10.6 Å². The van der Waals surface area contributed by atoms with Gasteiger partial charge in [-0.3, -0.25) is 4.79 Å². The first-order valence-corrected chi connectivity index (χ1v) is 13.0. The van der Waals surface area contributed by atoms with E-state index < -0.39 is 0 Å². The lowest BCUT2D eigenvalue weighted by molar-refractivity contribution is -0.118. The molecule has 2 fully saturated rings. The van der Waals surface area contributed by atoms with Crippen LogP contribution in [0.25, 0.3) is 11.2 Å². The van der Waals surface area contributed by atoms with Crippen molar-refractivity contribution in [3.05, 3.63) is 45.7 Å². The Morgan fingerprint density at radius 3 is 2.81 bits per heavy atom. The molecule has 2 atom stereocenters. The van der Waals surface area contributed by atoms with Gasteiger partial charge in [-0.05, 0) is 55.8 Å². The largest absolute Gasteiger partial charge is 0.370 e. The van der Waals surface area contributed by atoms with E-state index in [1.165, 1.54) is 6.42 Å². The molecule has 2 N–H and O–H groups in total. The molecule has 2 aromatic heterocycles. The Morgan fingerprint density at radius 1 is 1.28 bits per heavy atom. The van der Waals surface area contributed by atoms with Gasteiger partial charge in [0.15, 0.2) is 11.3 Å². The van der Waals surface area contributed by atoms with Crippen molar-refractivity contribution in [2.24, 2.45) is 17.6 Å². The Kier molecular flexibility index (Phi) is 7.02. The van der Waals surface area contributed by atoms with Crippen LogP contribution in [0.3, 0.4) is 0 Å². The summed E-state index contributed by atoms with van der Waals surface area (Å²) in [6, 6.07) is 7.22. The molecule has 9 nitrogen and oxygen atoms in total. The van der Waals surface area contributed by atoms with Gasteiger partial charge in [-0.2, -0.15) is 10.4 Å². The number of nitriles is 1. The molecule has 1 amide bonds. The van der Waals surface area contributed by atoms with Gasteiger partial charge in [-0.1, -0.05) is 29.3 Å². The molecule has 2 aliphatic rings. The van der Waals surface area contributed by atoms with Crippen LogP contribution in [0.5, 0.6) is 0 Å². The van der Waals surface area contributed by atoms with Gasteiger partial charge in [0.2, 0.25) is 5.91 Å². The smallest absolute Gasteiger partial charge is 0.218 e. The van der Waals surface area contributed by atoms with Gasteiger partial charge >= 0.3 is 0 Å². The summed E-state index contributed by atoms with van der Waals surface area (Å²) in [4.78, 5) is 25.2. The molecule has 4 heterocycles. The number of nitrogens with two attached hydrogens (primary N) is 1. The van der Waals surface area contributed by atoms with Crippen LogP contribution in [0.1, 0.15) is 43.5 Å². The van der Waals surface area contributed by atoms with Crippen molar-refractivity contribution in [1.82, 2.24) is 24.6 Å². The fraction of sp³-hybridized carbons (Fsp3) is 0.480. The summed E-state index contributed by atoms with van der Waals surface area (Å²) < 4.78 is 1.72. The SMILES string of the molecule is C[C@H](c1ccc(Cl)cc1Cl)n1nc(C#N)c2ncc(N3CC([C@H]4CCCN(CCC(N)=O)C4)C3)nc21. The number of amides is 1. The topological polar surface area (TPSA) is 117 Å². The third-order valence-corrected chi connectivity index (χ3v) is 7.96. The van der Waals surface area contributed by atoms with Gasteiger partial charge < -0.3 is 15.5 Å². The highest BCUT2D eigenvalue weighted by molar-refractivity contribution is 6.35. The molecule has 188 valence electrons. The molecule has 0 aliphatic carbocycles. The number of halogens is 2. The van der Waals surface area contributed by atoms with Crippen molar-refractivity contribution in [2.45, 2.75) is 32.2 Å². The lowest BCUT2D eigenvalue weighted by atomic mass is 9.80. The zero-order chi connectivity index (χ0) is 25.4. The van der Waals surface area contributed by atoms with Crippen LogP contribution in [-0.4, -0.2) is 63.3 Å². The van der Waals surface area contributed by atoms with E-state index in [1.54, 1.807) is 23.0 Å². The summed E-state index contributed by atoms with van der Waals surface area (Å²) >= 11 is 12.5. The minimum atomic E-state index is -0.262. The van der Waals surface area contributed by atoms with E-state index in [4.69, 9.17) is 33.9 Å². The summed E-state index contributed by atoms with van der Waals surface area (Å²) in [6.07, 6.45) is 4.49. The Bertz CT molecular complexity index is 1330. The van der Waals surface area contributed by atoms with Crippen LogP contribution >= 0.6 is 23.2 Å². The van der Waals surface area contributed by atoms with E-state index in [0.717, 1.165) is 50.5 Å². The number of anilines is 1. The molecule has 1 aromatic carbocycles. The molecule has 5 rings (SSSR count). The van der Waals surface area contributed by atoms with Gasteiger partial charge in [0.1, 0.15) is 17.4 Å². The normalized spacial score (nSPS) is 19.7. The number of benzene rings is 1. The van der Waals surface area contributed by atoms with E-state index in [-0.39, 0.29) is 17.6 Å². The van der Waals surface area contributed by atoms with Crippen molar-refractivity contribution in [1.29, 1.82) is 5.26 Å². The zero-order valence-electron chi connectivity index (χ0n) is 20.1. The summed E-state index contributed by atoms with van der Waals surface area (Å²) in [7, 11) is 0. The average Bonchev–Trinajstić information content (AvgIpc) is 3.20. The van der Waals surface area contributed by atoms with Gasteiger partial charge in [0.05, 0.1) is 12.2 Å². The van der Waals surface area contributed by atoms with Crippen molar-refractivity contribution >= 4 is 46.1 Å². The van der Waals surface area contributed by atoms with Crippen LogP contribution in [0, 0.1) is 23.2 Å². The molecule has 2 aliphatic heterocycles. The quantitative estimate of drug-likeness (QED) is 0.499. The van der Waals surface area contributed by atoms with Crippen LogP contribution in [0.4, 0.5) is 5.82 Å². The first-order valence-electron chi connectivity index (χ1n) is 12.2. The number of piperidine rings is 1. The summed E-state index contributed by atoms with van der Waals surface area (Å²) in [6.45, 7) is 6.56. The summed E-state index contributed by atoms with van der Waals surface area (Å²) in [5.41, 5.74) is 7.44. The summed E-state index contributed by atoms with van der Waals surface area (Å²) in [5, 5.41) is 15.2. The highest BCUT2D eigenvalue weighted by Crippen LogP contribution is 2.35. The number of hydrogen-bond donors (Lipinski definition) is 1. The lowest BCUT2D eigenvalue weighted by Crippen LogP contribution is -2.54. The Labute approximate surface area is 219 Å². The number of primary amides is 1. The Morgan fingerprint density at radius 2 is 2.08 bits per heavy atom. The fourth-order valence-corrected chi connectivity index (χ4v) is 5.88. The van der Waals surface area contributed by atoms with E-state index in [0.29, 0.717) is 39.5 Å². The molecule has 3 aromatic rings. The number of nitrogens with zero attached hydrogens (tertiary/aromatic N) is 7. The third-order valence-electron chi connectivity index (χ3n) is 7.39. The van der Waals surface area contributed by atoms with Crippen LogP contribution in [0.15, 0.2) is 24.4 Å². The van der Waals surface area contributed by atoms with Crippen molar-refractivity contribution in [3.63, 3.8) is 0 Å². The maximum absolute atomic E-state index is 11.2. The minimum absolute atomic E-state index is 0.237. The third kappa shape index (κ3) is 4.85. The minimum Gasteiger partial charge on any atom is -0.370 e. The number of carbonyl (C=O) groups is 1. The Balaban J connectivity index is 1.33. The van der Waals surface area contributed by atoms with Crippen LogP contribution in [0.2, 0.25) is 10.0 Å². The number of aromatic nitrogens is 4. The molecule has 11 heteroatoms. The maximum Gasteiger partial charge on any atom is 0.218 e. The zero-order valence-corrected chi connectivity index (χ0v) is 21.6. The van der Waals surface area contributed by atoms with Crippen molar-refractivity contribution in [3.8, 4) is 6.07 Å². The first kappa shape index (κ1) is 24.8. The van der Waals surface area contributed by atoms with E-state index in [9.17, 15) is 10.1 Å². The van der Waals surface area contributed by atoms with Gasteiger partial charge in [-0.25, -0.2) is 14.6 Å². The molecule has 0 bridgehead atoms. The number of rotatable bonds is 7. The second kappa shape index (κ2) is 10.2. The highest BCUT2D eigenvalue weighted by Gasteiger charge is 2.36. The second-order valence-corrected chi connectivity index (χ2v) is 10.6. The van der Waals surface area contributed by atoms with E-state index in [2.05, 4.69) is 26.0 Å². The van der Waals surface area contributed by atoms with E-state index in [1.807, 2.05) is 13.0 Å². The highest BCUT2D eigenvalue weighted by atomic mass is 35.5. The van der Waals surface area contributed by atoms with Gasteiger partial charge in [0, 0.05) is 42.6 Å². The second-order valence-electron chi connectivity index (χ2n) is 9.73. The predicted molar refractivity (Wildman–Crippen MR) is 139 cm³/mol. The van der Waals surface area contributed by atoms with Crippen molar-refractivity contribution in [2.75, 3.05) is 37.6 Å². The molecular formula is C25H28Cl2N8O. The van der Waals surface area contributed by atoms with Gasteiger partial charge in [0.25, 0.3) is 0 Å². The lowest BCUT2D eigenvalue weighted by Gasteiger charge is -2.47. The summed E-state index contributed by atoms with van der Waals surface area (Å²) in [5.74, 6) is 1.71. The standard InChI is InChI=1S/C25H28Cl2N8O/c1-15(19-5-4-18(26)9-20(19)27)35-25-24(21(10-28)32-35)30-11-23(31-25)34-13-17(14-34)16-3-2-7-33(12-16)8-6-22(29)36/h4-5,9,11,15-17H,2-3,6-8,12-14H2,1H3,(H2,29,36)/t15-,16+/m1/s1. The molecule has 36 heavy (non-hydrogen) atoms. The number of fused-ring (bicyclic) bond motifs is 1.